The molecule has 0 bridgehead atoms. The van der Waals surface area contributed by atoms with Crippen LogP contribution in [0.1, 0.15) is 33.1 Å². The van der Waals surface area contributed by atoms with Gasteiger partial charge in [0.15, 0.2) is 0 Å². The molecule has 1 aromatic heterocycles. The van der Waals surface area contributed by atoms with E-state index < -0.39 is 6.10 Å². The fourth-order valence-corrected chi connectivity index (χ4v) is 4.76. The van der Waals surface area contributed by atoms with Gasteiger partial charge in [-0.1, -0.05) is 18.2 Å². The van der Waals surface area contributed by atoms with Crippen molar-refractivity contribution in [1.29, 1.82) is 0 Å². The van der Waals surface area contributed by atoms with Crippen molar-refractivity contribution in [2.24, 2.45) is 0 Å². The molecule has 4 rings (SSSR count). The minimum Gasteiger partial charge on any atom is -0.390 e. The summed E-state index contributed by atoms with van der Waals surface area (Å²) in [6, 6.07) is 12.6. The van der Waals surface area contributed by atoms with Gasteiger partial charge in [-0.3, -0.25) is 9.69 Å². The molecule has 7 nitrogen and oxygen atoms in total. The van der Waals surface area contributed by atoms with E-state index in [0.29, 0.717) is 23.8 Å². The number of nitrogens with one attached hydrogen (secondary N) is 1. The summed E-state index contributed by atoms with van der Waals surface area (Å²) in [7, 11) is 0. The van der Waals surface area contributed by atoms with E-state index in [4.69, 9.17) is 0 Å². The summed E-state index contributed by atoms with van der Waals surface area (Å²) in [5.74, 6) is -0.0981. The van der Waals surface area contributed by atoms with Crippen LogP contribution in [-0.4, -0.2) is 70.8 Å². The first-order valence-corrected chi connectivity index (χ1v) is 12.1. The third kappa shape index (κ3) is 5.55. The molecule has 1 fully saturated rings. The number of anilines is 1. The van der Waals surface area contributed by atoms with E-state index in [1.54, 1.807) is 30.5 Å². The molecular formula is C27H34FN5O2. The van der Waals surface area contributed by atoms with Gasteiger partial charge < -0.3 is 19.9 Å². The average Bonchev–Trinajstić information content (AvgIpc) is 3.13. The third-order valence-electron chi connectivity index (χ3n) is 6.81. The number of piperazine rings is 1. The lowest BCUT2D eigenvalue weighted by atomic mass is 10.1. The summed E-state index contributed by atoms with van der Waals surface area (Å²) < 4.78 is 15.4. The van der Waals surface area contributed by atoms with Gasteiger partial charge >= 0.3 is 0 Å². The largest absolute Gasteiger partial charge is 0.390 e. The molecule has 0 saturated carbocycles. The first kappa shape index (κ1) is 24.9. The molecular weight excluding hydrogens is 445 g/mol. The van der Waals surface area contributed by atoms with E-state index in [-0.39, 0.29) is 24.0 Å². The van der Waals surface area contributed by atoms with Gasteiger partial charge in [0.05, 0.1) is 11.8 Å². The fraction of sp³-hybridized carbons (Fsp3) is 0.407. The van der Waals surface area contributed by atoms with Crippen LogP contribution >= 0.6 is 0 Å². The molecule has 2 aromatic carbocycles. The Kier molecular flexibility index (Phi) is 7.52. The van der Waals surface area contributed by atoms with Gasteiger partial charge in [-0.15, -0.1) is 0 Å². The first-order chi connectivity index (χ1) is 16.7. The molecule has 1 aliphatic rings. The Labute approximate surface area is 206 Å². The highest BCUT2D eigenvalue weighted by Crippen LogP contribution is 2.24. The maximum Gasteiger partial charge on any atom is 0.271 e. The van der Waals surface area contributed by atoms with Gasteiger partial charge in [0.1, 0.15) is 17.3 Å². The number of rotatable bonds is 7. The number of halogens is 1. The summed E-state index contributed by atoms with van der Waals surface area (Å²) in [5, 5.41) is 13.4. The molecule has 1 aliphatic heterocycles. The van der Waals surface area contributed by atoms with Crippen molar-refractivity contribution < 1.29 is 14.3 Å². The third-order valence-corrected chi connectivity index (χ3v) is 6.81. The van der Waals surface area contributed by atoms with E-state index in [2.05, 4.69) is 52.1 Å². The second-order valence-corrected chi connectivity index (χ2v) is 9.28. The van der Waals surface area contributed by atoms with Crippen LogP contribution in [0.25, 0.3) is 5.69 Å². The number of amides is 1. The number of benzene rings is 2. The molecule has 0 radical (unpaired) electrons. The Morgan fingerprint density at radius 2 is 1.80 bits per heavy atom. The highest BCUT2D eigenvalue weighted by molar-refractivity contribution is 5.93. The van der Waals surface area contributed by atoms with E-state index in [1.165, 1.54) is 28.9 Å². The fourth-order valence-electron chi connectivity index (χ4n) is 4.76. The van der Waals surface area contributed by atoms with Gasteiger partial charge in [0, 0.05) is 50.6 Å². The number of carbonyl (C=O) groups excluding carboxylic acids is 1. The van der Waals surface area contributed by atoms with Crippen molar-refractivity contribution in [3.05, 3.63) is 76.6 Å². The van der Waals surface area contributed by atoms with Crippen LogP contribution in [0.15, 0.2) is 42.5 Å². The predicted octanol–water partition coefficient (Wildman–Crippen LogP) is 3.16. The summed E-state index contributed by atoms with van der Waals surface area (Å²) in [4.78, 5) is 21.8. The zero-order valence-electron chi connectivity index (χ0n) is 20.9. The highest BCUT2D eigenvalue weighted by Gasteiger charge is 2.23. The van der Waals surface area contributed by atoms with Crippen LogP contribution in [0.3, 0.4) is 0 Å². The maximum atomic E-state index is 13.7. The van der Waals surface area contributed by atoms with Crippen LogP contribution < -0.4 is 10.2 Å². The lowest BCUT2D eigenvalue weighted by Gasteiger charge is -2.37. The molecule has 35 heavy (non-hydrogen) atoms. The molecule has 1 saturated heterocycles. The van der Waals surface area contributed by atoms with Crippen molar-refractivity contribution in [3.8, 4) is 5.69 Å². The van der Waals surface area contributed by atoms with Gasteiger partial charge in [-0.05, 0) is 63.1 Å². The van der Waals surface area contributed by atoms with E-state index in [9.17, 15) is 14.3 Å². The molecule has 0 aliphatic carbocycles. The number of aryl methyl sites for hydroxylation is 2. The Hall–Kier alpha value is -3.23. The lowest BCUT2D eigenvalue weighted by molar-refractivity contribution is 0.0847. The predicted molar refractivity (Wildman–Crippen MR) is 136 cm³/mol. The topological polar surface area (TPSA) is 73.6 Å². The average molecular weight is 480 g/mol. The Balaban J connectivity index is 1.29. The van der Waals surface area contributed by atoms with Crippen LogP contribution in [0.2, 0.25) is 0 Å². The number of aliphatic hydroxyl groups excluding tert-OH is 1. The normalized spacial score (nSPS) is 15.3. The number of carbonyl (C=O) groups is 1. The van der Waals surface area contributed by atoms with Gasteiger partial charge in [0.2, 0.25) is 0 Å². The van der Waals surface area contributed by atoms with Gasteiger partial charge in [-0.2, -0.15) is 0 Å². The van der Waals surface area contributed by atoms with Crippen LogP contribution in [0.5, 0.6) is 0 Å². The van der Waals surface area contributed by atoms with E-state index in [0.717, 1.165) is 26.2 Å². The Morgan fingerprint density at radius 1 is 1.09 bits per heavy atom. The SMILES string of the molecule is Cc1cccc(N2CCN(CC(O)CNC(=O)c3nc(C)n(-c4cccc(F)c4)c3C)CC2)c1C. The van der Waals surface area contributed by atoms with Gasteiger partial charge in [-0.25, -0.2) is 9.37 Å². The molecule has 0 spiro atoms. The molecule has 1 amide bonds. The van der Waals surface area contributed by atoms with E-state index in [1.807, 2.05) is 0 Å². The number of β-amino-alcohol motifs (C(OH)–C–C–N with tert-alkyl or cyclic N) is 1. The van der Waals surface area contributed by atoms with Crippen molar-refractivity contribution >= 4 is 11.6 Å². The minimum absolute atomic E-state index is 0.140. The van der Waals surface area contributed by atoms with Gasteiger partial charge in [0.25, 0.3) is 5.91 Å². The van der Waals surface area contributed by atoms with Crippen LogP contribution in [-0.2, 0) is 0 Å². The van der Waals surface area contributed by atoms with Crippen molar-refractivity contribution in [1.82, 2.24) is 19.8 Å². The molecule has 8 heteroatoms. The Morgan fingerprint density at radius 3 is 2.51 bits per heavy atom. The molecule has 1 unspecified atom stereocenters. The number of imidazole rings is 1. The smallest absolute Gasteiger partial charge is 0.271 e. The zero-order valence-corrected chi connectivity index (χ0v) is 20.9. The molecule has 2 heterocycles. The molecule has 186 valence electrons. The lowest BCUT2D eigenvalue weighted by Crippen LogP contribution is -2.50. The molecule has 2 N–H and O–H groups in total. The first-order valence-electron chi connectivity index (χ1n) is 12.1. The number of hydrogen-bond donors (Lipinski definition) is 2. The second kappa shape index (κ2) is 10.6. The quantitative estimate of drug-likeness (QED) is 0.545. The monoisotopic (exact) mass is 479 g/mol. The molecule has 3 aromatic rings. The summed E-state index contributed by atoms with van der Waals surface area (Å²) in [5.41, 5.74) is 5.41. The summed E-state index contributed by atoms with van der Waals surface area (Å²) in [6.45, 7) is 12.0. The number of nitrogens with zero attached hydrogens (tertiary/aromatic N) is 4. The Bertz CT molecular complexity index is 1200. The number of aliphatic hydroxyl groups is 1. The maximum absolute atomic E-state index is 13.7. The second-order valence-electron chi connectivity index (χ2n) is 9.28. The van der Waals surface area contributed by atoms with Crippen molar-refractivity contribution in [3.63, 3.8) is 0 Å². The van der Waals surface area contributed by atoms with Crippen molar-refractivity contribution in [2.45, 2.75) is 33.8 Å². The standard InChI is InChI=1S/C27H34FN5O2/c1-18-7-5-10-25(19(18)2)32-13-11-31(12-14-32)17-24(34)16-29-27(35)26-20(3)33(21(4)30-26)23-9-6-8-22(28)15-23/h5-10,15,24,34H,11-14,16-17H2,1-4H3,(H,29,35). The van der Waals surface area contributed by atoms with E-state index >= 15 is 0 Å². The van der Waals surface area contributed by atoms with Crippen molar-refractivity contribution in [2.75, 3.05) is 44.2 Å². The van der Waals surface area contributed by atoms with Crippen LogP contribution in [0.4, 0.5) is 10.1 Å². The minimum atomic E-state index is -0.682. The van der Waals surface area contributed by atoms with Crippen LogP contribution in [0, 0.1) is 33.5 Å². The number of aromatic nitrogens is 2. The summed E-state index contributed by atoms with van der Waals surface area (Å²) in [6.07, 6.45) is -0.682. The highest BCUT2D eigenvalue weighted by atomic mass is 19.1. The summed E-state index contributed by atoms with van der Waals surface area (Å²) >= 11 is 0. The molecule has 1 atom stereocenters. The number of hydrogen-bond acceptors (Lipinski definition) is 5. The zero-order chi connectivity index (χ0) is 25.1.